The van der Waals surface area contributed by atoms with Crippen LogP contribution in [0.3, 0.4) is 0 Å². The first-order chi connectivity index (χ1) is 8.49. The van der Waals surface area contributed by atoms with Crippen LogP contribution in [-0.4, -0.2) is 14.9 Å². The summed E-state index contributed by atoms with van der Waals surface area (Å²) in [7, 11) is 1.69. The highest BCUT2D eigenvalue weighted by molar-refractivity contribution is 9.10. The van der Waals surface area contributed by atoms with E-state index in [-0.39, 0.29) is 12.2 Å². The molecule has 1 atom stereocenters. The minimum atomic E-state index is -0.873. The Bertz CT molecular complexity index is 570. The summed E-state index contributed by atoms with van der Waals surface area (Å²) in [4.78, 5) is 0. The van der Waals surface area contributed by atoms with Crippen LogP contribution in [0, 0.1) is 5.82 Å². The second-order valence-corrected chi connectivity index (χ2v) is 4.98. The Hall–Kier alpha value is -1.40. The summed E-state index contributed by atoms with van der Waals surface area (Å²) in [5.41, 5.74) is 6.70. The van der Waals surface area contributed by atoms with Gasteiger partial charge < -0.3 is 10.8 Å². The number of aromatic nitrogens is 2. The molecule has 1 unspecified atom stereocenters. The van der Waals surface area contributed by atoms with Crippen molar-refractivity contribution >= 4 is 21.7 Å². The number of nitrogen functional groups attached to an aromatic ring is 1. The molecule has 0 aliphatic carbocycles. The number of halogens is 2. The fourth-order valence-electron chi connectivity index (χ4n) is 1.74. The van der Waals surface area contributed by atoms with E-state index in [1.165, 1.54) is 16.9 Å². The maximum absolute atomic E-state index is 13.6. The molecule has 2 aromatic rings. The Morgan fingerprint density at radius 3 is 2.89 bits per heavy atom. The SMILES string of the molecule is Cn1ncc(C(O)Cc2cc(Br)ccc2F)c1N. The molecule has 0 radical (unpaired) electrons. The molecule has 0 aliphatic rings. The van der Waals surface area contributed by atoms with Gasteiger partial charge in [0.1, 0.15) is 11.6 Å². The van der Waals surface area contributed by atoms with Crippen molar-refractivity contribution < 1.29 is 9.50 Å². The molecule has 0 amide bonds. The van der Waals surface area contributed by atoms with E-state index in [9.17, 15) is 9.50 Å². The van der Waals surface area contributed by atoms with Gasteiger partial charge in [-0.25, -0.2) is 4.39 Å². The van der Waals surface area contributed by atoms with E-state index in [1.807, 2.05) is 0 Å². The van der Waals surface area contributed by atoms with Crippen molar-refractivity contribution in [2.45, 2.75) is 12.5 Å². The number of rotatable bonds is 3. The van der Waals surface area contributed by atoms with E-state index in [2.05, 4.69) is 21.0 Å². The summed E-state index contributed by atoms with van der Waals surface area (Å²) in [6.07, 6.45) is 0.777. The lowest BCUT2D eigenvalue weighted by atomic mass is 10.0. The first kappa shape index (κ1) is 13.0. The molecule has 0 saturated carbocycles. The van der Waals surface area contributed by atoms with E-state index in [1.54, 1.807) is 19.2 Å². The van der Waals surface area contributed by atoms with Gasteiger partial charge >= 0.3 is 0 Å². The van der Waals surface area contributed by atoms with Crippen molar-refractivity contribution in [3.8, 4) is 0 Å². The summed E-state index contributed by atoms with van der Waals surface area (Å²) >= 11 is 3.27. The number of aliphatic hydroxyl groups excluding tert-OH is 1. The van der Waals surface area contributed by atoms with Gasteiger partial charge in [0.05, 0.1) is 12.3 Å². The Balaban J connectivity index is 2.23. The lowest BCUT2D eigenvalue weighted by molar-refractivity contribution is 0.178. The zero-order valence-corrected chi connectivity index (χ0v) is 11.4. The molecule has 18 heavy (non-hydrogen) atoms. The maximum Gasteiger partial charge on any atom is 0.127 e. The number of anilines is 1. The van der Waals surface area contributed by atoms with E-state index in [0.717, 1.165) is 4.47 Å². The molecule has 0 saturated heterocycles. The molecule has 0 bridgehead atoms. The van der Waals surface area contributed by atoms with Gasteiger partial charge in [-0.2, -0.15) is 5.10 Å². The van der Waals surface area contributed by atoms with Crippen molar-refractivity contribution in [2.24, 2.45) is 7.05 Å². The highest BCUT2D eigenvalue weighted by atomic mass is 79.9. The Morgan fingerprint density at radius 1 is 1.56 bits per heavy atom. The molecule has 0 aliphatic heterocycles. The Morgan fingerprint density at radius 2 is 2.28 bits per heavy atom. The van der Waals surface area contributed by atoms with Gasteiger partial charge in [-0.1, -0.05) is 15.9 Å². The van der Waals surface area contributed by atoms with Crippen LogP contribution in [0.4, 0.5) is 10.2 Å². The average molecular weight is 314 g/mol. The summed E-state index contributed by atoms with van der Waals surface area (Å²) in [5.74, 6) is 0.0395. The van der Waals surface area contributed by atoms with Crippen LogP contribution in [0.25, 0.3) is 0 Å². The van der Waals surface area contributed by atoms with Crippen LogP contribution in [-0.2, 0) is 13.5 Å². The number of nitrogens with two attached hydrogens (primary N) is 1. The van der Waals surface area contributed by atoms with Crippen molar-refractivity contribution in [1.82, 2.24) is 9.78 Å². The number of benzene rings is 1. The molecule has 0 spiro atoms. The third-order valence-electron chi connectivity index (χ3n) is 2.79. The second-order valence-electron chi connectivity index (χ2n) is 4.06. The predicted molar refractivity (Wildman–Crippen MR) is 70.4 cm³/mol. The molecule has 4 nitrogen and oxygen atoms in total. The molecule has 96 valence electrons. The zero-order chi connectivity index (χ0) is 13.3. The first-order valence-corrected chi connectivity index (χ1v) is 6.17. The number of hydrogen-bond donors (Lipinski definition) is 2. The monoisotopic (exact) mass is 313 g/mol. The average Bonchev–Trinajstić information content (AvgIpc) is 2.65. The maximum atomic E-state index is 13.6. The van der Waals surface area contributed by atoms with Crippen LogP contribution >= 0.6 is 15.9 Å². The number of aliphatic hydroxyl groups is 1. The van der Waals surface area contributed by atoms with E-state index < -0.39 is 6.10 Å². The summed E-state index contributed by atoms with van der Waals surface area (Å²) in [5, 5.41) is 14.0. The largest absolute Gasteiger partial charge is 0.388 e. The fraction of sp³-hybridized carbons (Fsp3) is 0.250. The van der Waals surface area contributed by atoms with Crippen molar-refractivity contribution in [3.63, 3.8) is 0 Å². The lowest BCUT2D eigenvalue weighted by Gasteiger charge is -2.11. The first-order valence-electron chi connectivity index (χ1n) is 5.38. The third-order valence-corrected chi connectivity index (χ3v) is 3.29. The molecule has 2 rings (SSSR count). The zero-order valence-electron chi connectivity index (χ0n) is 9.77. The standard InChI is InChI=1S/C12H13BrFN3O/c1-17-12(15)9(6-16-17)11(18)5-7-4-8(13)2-3-10(7)14/h2-4,6,11,18H,5,15H2,1H3. The quantitative estimate of drug-likeness (QED) is 0.913. The van der Waals surface area contributed by atoms with Gasteiger partial charge in [0.25, 0.3) is 0 Å². The molecular formula is C12H13BrFN3O. The normalized spacial score (nSPS) is 12.7. The van der Waals surface area contributed by atoms with Crippen molar-refractivity contribution in [2.75, 3.05) is 5.73 Å². The second kappa shape index (κ2) is 5.07. The van der Waals surface area contributed by atoms with Gasteiger partial charge in [0.15, 0.2) is 0 Å². The van der Waals surface area contributed by atoms with Crippen LogP contribution in [0.5, 0.6) is 0 Å². The van der Waals surface area contributed by atoms with Gasteiger partial charge in [-0.05, 0) is 23.8 Å². The summed E-state index contributed by atoms with van der Waals surface area (Å²) < 4.78 is 15.8. The van der Waals surface area contributed by atoms with Crippen molar-refractivity contribution in [3.05, 3.63) is 45.8 Å². The van der Waals surface area contributed by atoms with Crippen molar-refractivity contribution in [1.29, 1.82) is 0 Å². The predicted octanol–water partition coefficient (Wildman–Crippen LogP) is 2.18. The molecule has 3 N–H and O–H groups in total. The molecular weight excluding hydrogens is 301 g/mol. The van der Waals surface area contributed by atoms with E-state index in [0.29, 0.717) is 16.9 Å². The van der Waals surface area contributed by atoms with Crippen LogP contribution in [0.15, 0.2) is 28.9 Å². The molecule has 0 fully saturated rings. The molecule has 1 aromatic heterocycles. The minimum absolute atomic E-state index is 0.154. The molecule has 1 aromatic carbocycles. The summed E-state index contributed by atoms with van der Waals surface area (Å²) in [6, 6.07) is 4.62. The Kier molecular flexibility index (Phi) is 3.68. The molecule has 6 heteroatoms. The number of aryl methyl sites for hydroxylation is 1. The highest BCUT2D eigenvalue weighted by Gasteiger charge is 2.17. The third kappa shape index (κ3) is 2.54. The molecule has 1 heterocycles. The van der Waals surface area contributed by atoms with Crippen LogP contribution in [0.1, 0.15) is 17.2 Å². The number of hydrogen-bond acceptors (Lipinski definition) is 3. The highest BCUT2D eigenvalue weighted by Crippen LogP contribution is 2.25. The minimum Gasteiger partial charge on any atom is -0.388 e. The Labute approximate surface area is 112 Å². The number of nitrogens with zero attached hydrogens (tertiary/aromatic N) is 2. The fourth-order valence-corrected chi connectivity index (χ4v) is 2.15. The van der Waals surface area contributed by atoms with Gasteiger partial charge in [0, 0.05) is 23.5 Å². The smallest absolute Gasteiger partial charge is 0.127 e. The van der Waals surface area contributed by atoms with Gasteiger partial charge in [0.2, 0.25) is 0 Å². The van der Waals surface area contributed by atoms with E-state index in [4.69, 9.17) is 5.73 Å². The lowest BCUT2D eigenvalue weighted by Crippen LogP contribution is -2.07. The van der Waals surface area contributed by atoms with Gasteiger partial charge in [-0.15, -0.1) is 0 Å². The topological polar surface area (TPSA) is 64.1 Å². The van der Waals surface area contributed by atoms with Crippen LogP contribution in [0.2, 0.25) is 0 Å². The summed E-state index contributed by atoms with van der Waals surface area (Å²) in [6.45, 7) is 0. The van der Waals surface area contributed by atoms with Crippen LogP contribution < -0.4 is 5.73 Å². The van der Waals surface area contributed by atoms with Gasteiger partial charge in [-0.3, -0.25) is 4.68 Å². The van der Waals surface area contributed by atoms with E-state index >= 15 is 0 Å².